The van der Waals surface area contributed by atoms with E-state index in [1.807, 2.05) is 42.5 Å². The van der Waals surface area contributed by atoms with Gasteiger partial charge in [-0.05, 0) is 28.5 Å². The van der Waals surface area contributed by atoms with E-state index in [2.05, 4.69) is 0 Å². The van der Waals surface area contributed by atoms with Crippen LogP contribution in [0.1, 0.15) is 17.2 Å². The minimum Gasteiger partial charge on any atom is -0.320 e. The van der Waals surface area contributed by atoms with Crippen LogP contribution in [-0.4, -0.2) is 0 Å². The summed E-state index contributed by atoms with van der Waals surface area (Å²) in [6, 6.07) is 16.9. The fourth-order valence-corrected chi connectivity index (χ4v) is 2.34. The quantitative estimate of drug-likeness (QED) is 0.742. The van der Waals surface area contributed by atoms with Crippen molar-refractivity contribution in [2.24, 2.45) is 5.73 Å². The smallest absolute Gasteiger partial charge is 0.163 e. The van der Waals surface area contributed by atoms with Crippen molar-refractivity contribution in [2.45, 2.75) is 6.04 Å². The van der Waals surface area contributed by atoms with Crippen molar-refractivity contribution in [2.75, 3.05) is 0 Å². The number of nitrogens with two attached hydrogens (primary N) is 1. The number of benzene rings is 3. The molecule has 3 rings (SSSR count). The number of fused-ring (bicyclic) bond motifs is 1. The van der Waals surface area contributed by atoms with Crippen LogP contribution in [0.3, 0.4) is 0 Å². The molecule has 0 saturated heterocycles. The third-order valence-corrected chi connectivity index (χ3v) is 3.45. The summed E-state index contributed by atoms with van der Waals surface area (Å²) in [5.41, 5.74) is 6.99. The Morgan fingerprint density at radius 2 is 1.55 bits per heavy atom. The normalized spacial score (nSPS) is 12.6. The van der Waals surface area contributed by atoms with E-state index in [9.17, 15) is 8.78 Å². The summed E-state index contributed by atoms with van der Waals surface area (Å²) in [5, 5.41) is 2.11. The van der Waals surface area contributed by atoms with Crippen molar-refractivity contribution in [3.63, 3.8) is 0 Å². The summed E-state index contributed by atoms with van der Waals surface area (Å²) in [6.45, 7) is 0. The summed E-state index contributed by atoms with van der Waals surface area (Å²) < 4.78 is 27.1. The topological polar surface area (TPSA) is 26.0 Å². The van der Waals surface area contributed by atoms with Crippen molar-refractivity contribution < 1.29 is 8.78 Å². The van der Waals surface area contributed by atoms with E-state index >= 15 is 0 Å². The molecular formula is C17H13F2N. The second-order valence-corrected chi connectivity index (χ2v) is 4.73. The van der Waals surface area contributed by atoms with E-state index in [0.717, 1.165) is 22.4 Å². The molecule has 3 heteroatoms. The van der Waals surface area contributed by atoms with Crippen LogP contribution in [0.2, 0.25) is 0 Å². The lowest BCUT2D eigenvalue weighted by molar-refractivity contribution is 0.494. The second-order valence-electron chi connectivity index (χ2n) is 4.73. The van der Waals surface area contributed by atoms with Gasteiger partial charge in [0, 0.05) is 5.56 Å². The van der Waals surface area contributed by atoms with E-state index in [1.54, 1.807) is 0 Å². The Kier molecular flexibility index (Phi) is 3.20. The summed E-state index contributed by atoms with van der Waals surface area (Å²) in [4.78, 5) is 0. The van der Waals surface area contributed by atoms with Crippen LogP contribution in [0, 0.1) is 11.6 Å². The molecule has 0 heterocycles. The van der Waals surface area contributed by atoms with Crippen LogP contribution in [0.5, 0.6) is 0 Å². The molecule has 0 saturated carbocycles. The Morgan fingerprint density at radius 1 is 0.800 bits per heavy atom. The van der Waals surface area contributed by atoms with Crippen LogP contribution < -0.4 is 5.73 Å². The van der Waals surface area contributed by atoms with Crippen molar-refractivity contribution in [1.82, 2.24) is 0 Å². The maximum atomic E-state index is 13.8. The molecule has 20 heavy (non-hydrogen) atoms. The van der Waals surface area contributed by atoms with Crippen molar-refractivity contribution in [1.29, 1.82) is 0 Å². The predicted molar refractivity (Wildman–Crippen MR) is 76.3 cm³/mol. The molecule has 1 nitrogen and oxygen atoms in total. The van der Waals surface area contributed by atoms with Gasteiger partial charge in [0.05, 0.1) is 6.04 Å². The van der Waals surface area contributed by atoms with E-state index in [1.165, 1.54) is 12.1 Å². The molecule has 1 unspecified atom stereocenters. The van der Waals surface area contributed by atoms with Crippen LogP contribution in [-0.2, 0) is 0 Å². The summed E-state index contributed by atoms with van der Waals surface area (Å²) in [5.74, 6) is -1.76. The number of hydrogen-bond donors (Lipinski definition) is 1. The van der Waals surface area contributed by atoms with Gasteiger partial charge in [-0.1, -0.05) is 48.5 Å². The van der Waals surface area contributed by atoms with Gasteiger partial charge in [0.25, 0.3) is 0 Å². The van der Waals surface area contributed by atoms with Gasteiger partial charge in [0.1, 0.15) is 0 Å². The molecule has 0 aliphatic rings. The van der Waals surface area contributed by atoms with Crippen molar-refractivity contribution >= 4 is 10.8 Å². The van der Waals surface area contributed by atoms with Crippen molar-refractivity contribution in [3.05, 3.63) is 83.4 Å². The van der Waals surface area contributed by atoms with Crippen LogP contribution in [0.25, 0.3) is 10.8 Å². The molecule has 0 aromatic heterocycles. The maximum absolute atomic E-state index is 13.8. The molecule has 0 bridgehead atoms. The molecule has 0 fully saturated rings. The zero-order valence-corrected chi connectivity index (χ0v) is 10.7. The van der Waals surface area contributed by atoms with Gasteiger partial charge in [-0.15, -0.1) is 0 Å². The maximum Gasteiger partial charge on any atom is 0.163 e. The van der Waals surface area contributed by atoms with Gasteiger partial charge in [0.15, 0.2) is 11.6 Å². The largest absolute Gasteiger partial charge is 0.320 e. The average molecular weight is 269 g/mol. The van der Waals surface area contributed by atoms with Gasteiger partial charge in [-0.3, -0.25) is 0 Å². The molecule has 0 radical (unpaired) electrons. The van der Waals surface area contributed by atoms with Crippen molar-refractivity contribution in [3.8, 4) is 0 Å². The zero-order chi connectivity index (χ0) is 14.1. The van der Waals surface area contributed by atoms with Gasteiger partial charge in [-0.25, -0.2) is 8.78 Å². The van der Waals surface area contributed by atoms with Gasteiger partial charge < -0.3 is 5.73 Å². The molecule has 2 N–H and O–H groups in total. The first-order valence-corrected chi connectivity index (χ1v) is 6.35. The Morgan fingerprint density at radius 3 is 2.35 bits per heavy atom. The fourth-order valence-electron chi connectivity index (χ4n) is 2.34. The zero-order valence-electron chi connectivity index (χ0n) is 10.7. The number of hydrogen-bond acceptors (Lipinski definition) is 1. The highest BCUT2D eigenvalue weighted by molar-refractivity contribution is 5.83. The first-order valence-electron chi connectivity index (χ1n) is 6.35. The average Bonchev–Trinajstić information content (AvgIpc) is 2.49. The summed E-state index contributed by atoms with van der Waals surface area (Å²) >= 11 is 0. The first-order chi connectivity index (χ1) is 9.66. The van der Waals surface area contributed by atoms with Crippen LogP contribution in [0.15, 0.2) is 60.7 Å². The molecule has 0 aliphatic carbocycles. The molecule has 1 atom stereocenters. The molecule has 0 aliphatic heterocycles. The first kappa shape index (κ1) is 12.8. The predicted octanol–water partition coefficient (Wildman–Crippen LogP) is 4.17. The molecular weight excluding hydrogens is 256 g/mol. The molecule has 3 aromatic carbocycles. The Balaban J connectivity index is 2.08. The molecule has 3 aromatic rings. The molecule has 0 amide bonds. The highest BCUT2D eigenvalue weighted by Gasteiger charge is 2.16. The van der Waals surface area contributed by atoms with Gasteiger partial charge >= 0.3 is 0 Å². The monoisotopic (exact) mass is 269 g/mol. The fraction of sp³-hybridized carbons (Fsp3) is 0.0588. The Labute approximate surface area is 115 Å². The van der Waals surface area contributed by atoms with E-state index in [-0.39, 0.29) is 5.56 Å². The molecule has 0 spiro atoms. The highest BCUT2D eigenvalue weighted by Crippen LogP contribution is 2.26. The minimum atomic E-state index is -0.881. The SMILES string of the molecule is NC(c1ccc2ccccc2c1)c1cccc(F)c1F. The van der Waals surface area contributed by atoms with Gasteiger partial charge in [0.2, 0.25) is 0 Å². The van der Waals surface area contributed by atoms with Gasteiger partial charge in [-0.2, -0.15) is 0 Å². The second kappa shape index (κ2) is 5.02. The lowest BCUT2D eigenvalue weighted by Crippen LogP contribution is -2.14. The summed E-state index contributed by atoms with van der Waals surface area (Å²) in [6.07, 6.45) is 0. The summed E-state index contributed by atoms with van der Waals surface area (Å²) in [7, 11) is 0. The van der Waals surface area contributed by atoms with E-state index < -0.39 is 17.7 Å². The lowest BCUT2D eigenvalue weighted by atomic mass is 9.96. The highest BCUT2D eigenvalue weighted by atomic mass is 19.2. The third-order valence-electron chi connectivity index (χ3n) is 3.45. The van der Waals surface area contributed by atoms with E-state index in [0.29, 0.717) is 0 Å². The number of rotatable bonds is 2. The number of halogens is 2. The Hall–Kier alpha value is -2.26. The standard InChI is InChI=1S/C17H13F2N/c18-15-7-3-6-14(16(15)19)17(20)13-9-8-11-4-1-2-5-12(11)10-13/h1-10,17H,20H2. The Bertz CT molecular complexity index is 768. The van der Waals surface area contributed by atoms with E-state index in [4.69, 9.17) is 5.73 Å². The minimum absolute atomic E-state index is 0.167. The molecule has 100 valence electrons. The van der Waals surface area contributed by atoms with Crippen LogP contribution >= 0.6 is 0 Å². The lowest BCUT2D eigenvalue weighted by Gasteiger charge is -2.14. The van der Waals surface area contributed by atoms with Crippen LogP contribution in [0.4, 0.5) is 8.78 Å². The third kappa shape index (κ3) is 2.17.